The Morgan fingerprint density at radius 2 is 2.22 bits per heavy atom. The van der Waals surface area contributed by atoms with Crippen molar-refractivity contribution in [3.05, 3.63) is 40.4 Å². The van der Waals surface area contributed by atoms with Crippen molar-refractivity contribution in [2.75, 3.05) is 0 Å². The van der Waals surface area contributed by atoms with Crippen molar-refractivity contribution in [2.45, 2.75) is 38.5 Å². The van der Waals surface area contributed by atoms with Gasteiger partial charge in [-0.15, -0.1) is 0 Å². The zero-order valence-electron chi connectivity index (χ0n) is 10.4. The lowest BCUT2D eigenvalue weighted by Crippen LogP contribution is -2.17. The Morgan fingerprint density at radius 3 is 2.83 bits per heavy atom. The van der Waals surface area contributed by atoms with E-state index in [0.29, 0.717) is 21.8 Å². The Labute approximate surface area is 118 Å². The lowest BCUT2D eigenvalue weighted by molar-refractivity contribution is 0.267. The molecule has 18 heavy (non-hydrogen) atoms. The normalized spacial score (nSPS) is 16.4. The van der Waals surface area contributed by atoms with Crippen molar-refractivity contribution >= 4 is 23.2 Å². The van der Waals surface area contributed by atoms with E-state index in [1.807, 2.05) is 13.0 Å². The molecule has 0 aromatic heterocycles. The van der Waals surface area contributed by atoms with E-state index >= 15 is 0 Å². The van der Waals surface area contributed by atoms with Crippen molar-refractivity contribution in [3.8, 4) is 5.75 Å². The molecule has 0 amide bonds. The molecule has 1 unspecified atom stereocenters. The Morgan fingerprint density at radius 1 is 1.50 bits per heavy atom. The second kappa shape index (κ2) is 5.96. The first-order chi connectivity index (χ1) is 8.60. The van der Waals surface area contributed by atoms with E-state index in [1.54, 1.807) is 12.1 Å². The summed E-state index contributed by atoms with van der Waals surface area (Å²) in [6, 6.07) is 4.23. The summed E-state index contributed by atoms with van der Waals surface area (Å²) in [6.45, 7) is 6.36. The molecule has 2 nitrogen and oxygen atoms in total. The van der Waals surface area contributed by atoms with Gasteiger partial charge in [-0.3, -0.25) is 0 Å². The van der Waals surface area contributed by atoms with E-state index in [2.05, 4.69) is 11.9 Å². The molecule has 0 spiro atoms. The van der Waals surface area contributed by atoms with E-state index in [0.717, 1.165) is 12.1 Å². The van der Waals surface area contributed by atoms with Gasteiger partial charge in [0.2, 0.25) is 0 Å². The molecule has 0 bridgehead atoms. The highest BCUT2D eigenvalue weighted by Crippen LogP contribution is 2.34. The lowest BCUT2D eigenvalue weighted by atomic mass is 10.2. The smallest absolute Gasteiger partial charge is 0.143 e. The van der Waals surface area contributed by atoms with Crippen LogP contribution in [0, 0.1) is 0 Å². The van der Waals surface area contributed by atoms with Crippen molar-refractivity contribution in [1.82, 2.24) is 5.32 Å². The molecule has 1 aromatic rings. The highest BCUT2D eigenvalue weighted by molar-refractivity contribution is 6.35. The molecule has 1 aliphatic rings. The highest BCUT2D eigenvalue weighted by Gasteiger charge is 2.21. The molecule has 98 valence electrons. The molecule has 0 heterocycles. The van der Waals surface area contributed by atoms with E-state index in [9.17, 15) is 0 Å². The lowest BCUT2D eigenvalue weighted by Gasteiger charge is -2.17. The summed E-state index contributed by atoms with van der Waals surface area (Å²) in [5.41, 5.74) is 0.994. The first-order valence-corrected chi connectivity index (χ1v) is 6.86. The van der Waals surface area contributed by atoms with Gasteiger partial charge in [0.05, 0.1) is 5.02 Å². The molecule has 0 aliphatic heterocycles. The van der Waals surface area contributed by atoms with Gasteiger partial charge in [-0.1, -0.05) is 35.9 Å². The molecule has 1 aromatic carbocycles. The fraction of sp³-hybridized carbons (Fsp3) is 0.429. The van der Waals surface area contributed by atoms with Gasteiger partial charge in [-0.25, -0.2) is 0 Å². The Kier molecular flexibility index (Phi) is 4.55. The number of ether oxygens (including phenoxy) is 1. The minimum Gasteiger partial charge on any atom is -0.485 e. The summed E-state index contributed by atoms with van der Waals surface area (Å²) in [6.07, 6.45) is 4.15. The van der Waals surface area contributed by atoms with Crippen molar-refractivity contribution in [1.29, 1.82) is 0 Å². The molecule has 4 heteroatoms. The molecular formula is C14H17Cl2NO. The van der Waals surface area contributed by atoms with E-state index in [-0.39, 0.29) is 6.10 Å². The van der Waals surface area contributed by atoms with Crippen molar-refractivity contribution in [3.63, 3.8) is 0 Å². The number of benzene rings is 1. The van der Waals surface area contributed by atoms with Gasteiger partial charge in [0.15, 0.2) is 0 Å². The Hall–Kier alpha value is -0.700. The second-order valence-electron chi connectivity index (χ2n) is 4.59. The van der Waals surface area contributed by atoms with Crippen LogP contribution in [0.4, 0.5) is 0 Å². The third kappa shape index (κ3) is 3.64. The molecule has 1 fully saturated rings. The molecular weight excluding hydrogens is 269 g/mol. The summed E-state index contributed by atoms with van der Waals surface area (Å²) in [5.74, 6) is 0.696. The third-order valence-corrected chi connectivity index (χ3v) is 3.38. The SMILES string of the molecule is C=CC(C)Oc1c(Cl)cc(Cl)cc1CNC1CC1. The molecule has 0 radical (unpaired) electrons. The number of nitrogens with one attached hydrogen (secondary N) is 1. The van der Waals surface area contributed by atoms with Crippen LogP contribution < -0.4 is 10.1 Å². The Balaban J connectivity index is 2.19. The quantitative estimate of drug-likeness (QED) is 0.791. The standard InChI is InChI=1S/C14H17Cl2NO/c1-3-9(2)18-14-10(8-17-12-4-5-12)6-11(15)7-13(14)16/h3,6-7,9,12,17H,1,4-5,8H2,2H3. The van der Waals surface area contributed by atoms with Gasteiger partial charge in [0, 0.05) is 23.2 Å². The first-order valence-electron chi connectivity index (χ1n) is 6.10. The number of rotatable bonds is 6. The zero-order valence-corrected chi connectivity index (χ0v) is 11.9. The average Bonchev–Trinajstić information content (AvgIpc) is 3.13. The minimum atomic E-state index is -0.0802. The summed E-state index contributed by atoms with van der Waals surface area (Å²) in [5, 5.41) is 4.61. The highest BCUT2D eigenvalue weighted by atomic mass is 35.5. The van der Waals surface area contributed by atoms with Gasteiger partial charge in [-0.05, 0) is 31.9 Å². The fourth-order valence-corrected chi connectivity index (χ4v) is 2.23. The van der Waals surface area contributed by atoms with Gasteiger partial charge in [0.25, 0.3) is 0 Å². The molecule has 2 rings (SSSR count). The monoisotopic (exact) mass is 285 g/mol. The molecule has 1 N–H and O–H groups in total. The predicted octanol–water partition coefficient (Wildman–Crippen LogP) is 4.20. The van der Waals surface area contributed by atoms with Crippen LogP contribution in [0.2, 0.25) is 10.0 Å². The van der Waals surface area contributed by atoms with Gasteiger partial charge in [-0.2, -0.15) is 0 Å². The van der Waals surface area contributed by atoms with Gasteiger partial charge >= 0.3 is 0 Å². The summed E-state index contributed by atoms with van der Waals surface area (Å²) < 4.78 is 5.78. The van der Waals surface area contributed by atoms with E-state index < -0.39 is 0 Å². The minimum absolute atomic E-state index is 0.0802. The van der Waals surface area contributed by atoms with Crippen LogP contribution in [0.15, 0.2) is 24.8 Å². The number of hydrogen-bond donors (Lipinski definition) is 1. The van der Waals surface area contributed by atoms with Crippen molar-refractivity contribution in [2.24, 2.45) is 0 Å². The molecule has 1 saturated carbocycles. The summed E-state index contributed by atoms with van der Waals surface area (Å²) >= 11 is 12.2. The fourth-order valence-electron chi connectivity index (χ4n) is 1.65. The average molecular weight is 286 g/mol. The maximum atomic E-state index is 6.20. The molecule has 1 atom stereocenters. The van der Waals surface area contributed by atoms with Crippen LogP contribution in [0.25, 0.3) is 0 Å². The Bertz CT molecular complexity index is 444. The van der Waals surface area contributed by atoms with E-state index in [1.165, 1.54) is 12.8 Å². The van der Waals surface area contributed by atoms with Crippen LogP contribution in [-0.4, -0.2) is 12.1 Å². The van der Waals surface area contributed by atoms with Crippen LogP contribution in [0.3, 0.4) is 0 Å². The number of hydrogen-bond acceptors (Lipinski definition) is 2. The predicted molar refractivity (Wildman–Crippen MR) is 76.6 cm³/mol. The van der Waals surface area contributed by atoms with E-state index in [4.69, 9.17) is 27.9 Å². The van der Waals surface area contributed by atoms with Gasteiger partial charge in [0.1, 0.15) is 11.9 Å². The zero-order chi connectivity index (χ0) is 13.1. The van der Waals surface area contributed by atoms with Crippen LogP contribution in [0.1, 0.15) is 25.3 Å². The topological polar surface area (TPSA) is 21.3 Å². The molecule has 1 aliphatic carbocycles. The summed E-state index contributed by atoms with van der Waals surface area (Å²) in [7, 11) is 0. The maximum absolute atomic E-state index is 6.20. The van der Waals surface area contributed by atoms with Crippen LogP contribution in [0.5, 0.6) is 5.75 Å². The van der Waals surface area contributed by atoms with Crippen LogP contribution in [-0.2, 0) is 6.54 Å². The number of halogens is 2. The van der Waals surface area contributed by atoms with Crippen LogP contribution >= 0.6 is 23.2 Å². The third-order valence-electron chi connectivity index (χ3n) is 2.88. The van der Waals surface area contributed by atoms with Gasteiger partial charge < -0.3 is 10.1 Å². The molecule has 0 saturated heterocycles. The first kappa shape index (κ1) is 13.7. The van der Waals surface area contributed by atoms with Crippen molar-refractivity contribution < 1.29 is 4.74 Å². The largest absolute Gasteiger partial charge is 0.485 e. The maximum Gasteiger partial charge on any atom is 0.143 e. The second-order valence-corrected chi connectivity index (χ2v) is 5.43. The summed E-state index contributed by atoms with van der Waals surface area (Å²) in [4.78, 5) is 0.